The van der Waals surface area contributed by atoms with Crippen LogP contribution in [0, 0.1) is 17.2 Å². The third-order valence-corrected chi connectivity index (χ3v) is 6.10. The summed E-state index contributed by atoms with van der Waals surface area (Å²) in [5, 5.41) is 11.8. The van der Waals surface area contributed by atoms with Gasteiger partial charge >= 0.3 is 0 Å². The summed E-state index contributed by atoms with van der Waals surface area (Å²) >= 11 is 0. The van der Waals surface area contributed by atoms with Crippen LogP contribution < -0.4 is 10.0 Å². The zero-order valence-corrected chi connectivity index (χ0v) is 14.4. The normalized spacial score (nSPS) is 21.8. The summed E-state index contributed by atoms with van der Waals surface area (Å²) in [6.45, 7) is 3.91. The number of aromatic nitrogens is 1. The molecule has 6 nitrogen and oxygen atoms in total. The third-order valence-electron chi connectivity index (χ3n) is 4.29. The number of rotatable bonds is 6. The van der Waals surface area contributed by atoms with Crippen molar-refractivity contribution in [2.24, 2.45) is 5.92 Å². The summed E-state index contributed by atoms with van der Waals surface area (Å²) in [7, 11) is -3.17. The molecule has 1 aromatic heterocycles. The number of hydrogen-bond acceptors (Lipinski definition) is 5. The predicted molar refractivity (Wildman–Crippen MR) is 90.4 cm³/mol. The Labute approximate surface area is 138 Å². The molecule has 0 atom stereocenters. The second kappa shape index (κ2) is 7.75. The van der Waals surface area contributed by atoms with Crippen molar-refractivity contribution in [1.29, 1.82) is 5.26 Å². The maximum atomic E-state index is 11.8. The van der Waals surface area contributed by atoms with Crippen molar-refractivity contribution in [3.8, 4) is 6.07 Å². The van der Waals surface area contributed by atoms with E-state index in [1.54, 1.807) is 26.1 Å². The van der Waals surface area contributed by atoms with Crippen LogP contribution >= 0.6 is 0 Å². The molecule has 1 aliphatic rings. The van der Waals surface area contributed by atoms with Crippen molar-refractivity contribution >= 4 is 15.8 Å². The molecule has 2 N–H and O–H groups in total. The molecule has 0 bridgehead atoms. The zero-order chi connectivity index (χ0) is 16.9. The minimum absolute atomic E-state index is 0.355. The molecule has 1 aliphatic carbocycles. The van der Waals surface area contributed by atoms with Crippen molar-refractivity contribution in [2.75, 3.05) is 11.9 Å². The fourth-order valence-electron chi connectivity index (χ4n) is 2.67. The first kappa shape index (κ1) is 17.7. The lowest BCUT2D eigenvalue weighted by molar-refractivity contribution is 0.336. The zero-order valence-electron chi connectivity index (χ0n) is 13.6. The molecule has 23 heavy (non-hydrogen) atoms. The smallest absolute Gasteiger partial charge is 0.213 e. The van der Waals surface area contributed by atoms with Gasteiger partial charge in [-0.15, -0.1) is 0 Å². The Morgan fingerprint density at radius 3 is 2.52 bits per heavy atom. The van der Waals surface area contributed by atoms with Crippen LogP contribution in [0.4, 0.5) is 5.82 Å². The number of sulfonamides is 1. The van der Waals surface area contributed by atoms with E-state index in [-0.39, 0.29) is 5.25 Å². The Balaban J connectivity index is 1.76. The van der Waals surface area contributed by atoms with E-state index >= 15 is 0 Å². The van der Waals surface area contributed by atoms with Crippen LogP contribution in [0.5, 0.6) is 0 Å². The van der Waals surface area contributed by atoms with E-state index < -0.39 is 10.0 Å². The highest BCUT2D eigenvalue weighted by Crippen LogP contribution is 2.26. The monoisotopic (exact) mass is 336 g/mol. The second-order valence-corrected chi connectivity index (χ2v) is 8.67. The summed E-state index contributed by atoms with van der Waals surface area (Å²) in [5.74, 6) is 1.18. The SMILES string of the molecule is CC(C)S(=O)(=O)NCC1CCC(Nc2ccc(C#N)cn2)CC1. The van der Waals surface area contributed by atoms with E-state index in [0.29, 0.717) is 24.1 Å². The summed E-state index contributed by atoms with van der Waals surface area (Å²) in [5.41, 5.74) is 0.552. The number of hydrogen-bond donors (Lipinski definition) is 2. The highest BCUT2D eigenvalue weighted by molar-refractivity contribution is 7.90. The standard InChI is InChI=1S/C16H24N4O2S/c1-12(2)23(21,22)19-11-13-3-6-15(7-4-13)20-16-8-5-14(9-17)10-18-16/h5,8,10,12-13,15,19H,3-4,6-7,11H2,1-2H3,(H,18,20). The van der Waals surface area contributed by atoms with Gasteiger partial charge in [0.05, 0.1) is 10.8 Å². The Morgan fingerprint density at radius 2 is 2.00 bits per heavy atom. The van der Waals surface area contributed by atoms with Gasteiger partial charge in [-0.05, 0) is 57.6 Å². The maximum Gasteiger partial charge on any atom is 0.213 e. The number of pyridine rings is 1. The minimum Gasteiger partial charge on any atom is -0.367 e. The minimum atomic E-state index is -3.17. The van der Waals surface area contributed by atoms with Crippen molar-refractivity contribution < 1.29 is 8.42 Å². The van der Waals surface area contributed by atoms with Gasteiger partial charge in [-0.2, -0.15) is 5.26 Å². The molecule has 1 heterocycles. The van der Waals surface area contributed by atoms with Crippen LogP contribution in [0.15, 0.2) is 18.3 Å². The topological polar surface area (TPSA) is 94.9 Å². The number of nitrogens with zero attached hydrogens (tertiary/aromatic N) is 2. The molecule has 1 aromatic rings. The third kappa shape index (κ3) is 5.19. The first-order valence-corrected chi connectivity index (χ1v) is 9.56. The largest absolute Gasteiger partial charge is 0.367 e. The van der Waals surface area contributed by atoms with Gasteiger partial charge < -0.3 is 5.32 Å². The van der Waals surface area contributed by atoms with Crippen LogP contribution in [0.25, 0.3) is 0 Å². The molecule has 7 heteroatoms. The average molecular weight is 336 g/mol. The average Bonchev–Trinajstić information content (AvgIpc) is 2.55. The van der Waals surface area contributed by atoms with Crippen LogP contribution in [0.1, 0.15) is 45.1 Å². The summed E-state index contributed by atoms with van der Waals surface area (Å²) in [6.07, 6.45) is 5.54. The highest BCUT2D eigenvalue weighted by Gasteiger charge is 2.23. The van der Waals surface area contributed by atoms with E-state index in [2.05, 4.69) is 21.1 Å². The predicted octanol–water partition coefficient (Wildman–Crippen LogP) is 2.25. The molecule has 0 unspecified atom stereocenters. The molecular formula is C16H24N4O2S. The second-order valence-electron chi connectivity index (χ2n) is 6.35. The maximum absolute atomic E-state index is 11.8. The summed E-state index contributed by atoms with van der Waals surface area (Å²) in [6, 6.07) is 5.98. The molecule has 1 fully saturated rings. The van der Waals surface area contributed by atoms with Gasteiger partial charge in [-0.3, -0.25) is 0 Å². The van der Waals surface area contributed by atoms with Crippen LogP contribution in [-0.4, -0.2) is 31.2 Å². The molecule has 0 aromatic carbocycles. The van der Waals surface area contributed by atoms with Crippen LogP contribution in [-0.2, 0) is 10.0 Å². The van der Waals surface area contributed by atoms with Gasteiger partial charge in [0.15, 0.2) is 0 Å². The fraction of sp³-hybridized carbons (Fsp3) is 0.625. The Bertz CT molecular complexity index is 642. The van der Waals surface area contributed by atoms with Crippen molar-refractivity contribution in [3.63, 3.8) is 0 Å². The molecule has 0 aliphatic heterocycles. The first-order valence-electron chi connectivity index (χ1n) is 8.02. The Hall–Kier alpha value is -1.65. The lowest BCUT2D eigenvalue weighted by Gasteiger charge is -2.29. The van der Waals surface area contributed by atoms with Gasteiger partial charge in [0, 0.05) is 18.8 Å². The van der Waals surface area contributed by atoms with Gasteiger partial charge in [-0.1, -0.05) is 0 Å². The molecule has 0 amide bonds. The summed E-state index contributed by atoms with van der Waals surface area (Å²) in [4.78, 5) is 4.23. The van der Waals surface area contributed by atoms with E-state index in [9.17, 15) is 8.42 Å². The van der Waals surface area contributed by atoms with E-state index in [1.807, 2.05) is 6.07 Å². The van der Waals surface area contributed by atoms with Gasteiger partial charge in [0.2, 0.25) is 10.0 Å². The quantitative estimate of drug-likeness (QED) is 0.831. The summed E-state index contributed by atoms with van der Waals surface area (Å²) < 4.78 is 26.3. The highest BCUT2D eigenvalue weighted by atomic mass is 32.2. The van der Waals surface area contributed by atoms with Crippen molar-refractivity contribution in [2.45, 2.75) is 50.8 Å². The lowest BCUT2D eigenvalue weighted by Crippen LogP contribution is -2.37. The molecule has 1 saturated carbocycles. The van der Waals surface area contributed by atoms with E-state index in [4.69, 9.17) is 5.26 Å². The van der Waals surface area contributed by atoms with E-state index in [0.717, 1.165) is 31.5 Å². The molecule has 0 radical (unpaired) electrons. The molecular weight excluding hydrogens is 312 g/mol. The van der Waals surface area contributed by atoms with Crippen molar-refractivity contribution in [3.05, 3.63) is 23.9 Å². The van der Waals surface area contributed by atoms with E-state index in [1.165, 1.54) is 0 Å². The number of nitriles is 1. The lowest BCUT2D eigenvalue weighted by atomic mass is 9.86. The molecule has 2 rings (SSSR count). The van der Waals surface area contributed by atoms with Gasteiger partial charge in [0.25, 0.3) is 0 Å². The number of anilines is 1. The van der Waals surface area contributed by atoms with Gasteiger partial charge in [0.1, 0.15) is 11.9 Å². The first-order chi connectivity index (χ1) is 10.9. The van der Waals surface area contributed by atoms with Gasteiger partial charge in [-0.25, -0.2) is 18.1 Å². The van der Waals surface area contributed by atoms with Crippen LogP contribution in [0.2, 0.25) is 0 Å². The molecule has 126 valence electrons. The van der Waals surface area contributed by atoms with Crippen LogP contribution in [0.3, 0.4) is 0 Å². The van der Waals surface area contributed by atoms with Crippen molar-refractivity contribution in [1.82, 2.24) is 9.71 Å². The number of nitrogens with one attached hydrogen (secondary N) is 2. The fourth-order valence-corrected chi connectivity index (χ4v) is 3.47. The Kier molecular flexibility index (Phi) is 5.97. The molecule has 0 spiro atoms. The molecule has 0 saturated heterocycles. The Morgan fingerprint density at radius 1 is 1.30 bits per heavy atom.